The number of rotatable bonds is 4. The fourth-order valence-electron chi connectivity index (χ4n) is 4.72. The van der Waals surface area contributed by atoms with Gasteiger partial charge in [0.1, 0.15) is 0 Å². The quantitative estimate of drug-likeness (QED) is 0.638. The van der Waals surface area contributed by atoms with Gasteiger partial charge in [0.2, 0.25) is 0 Å². The second-order valence-corrected chi connectivity index (χ2v) is 8.22. The first-order chi connectivity index (χ1) is 15.0. The number of carbonyl (C=O) groups excluding carboxylic acids is 3. The molecule has 2 aliphatic rings. The van der Waals surface area contributed by atoms with E-state index in [2.05, 4.69) is 10.3 Å². The Hall–Kier alpha value is -3.61. The summed E-state index contributed by atoms with van der Waals surface area (Å²) < 4.78 is 0. The highest BCUT2D eigenvalue weighted by molar-refractivity contribution is 6.23. The molecule has 3 aromatic rings. The Morgan fingerprint density at radius 1 is 1.13 bits per heavy atom. The molecule has 1 atom stereocenters. The number of nitrogens with zero attached hydrogens (tertiary/aromatic N) is 2. The van der Waals surface area contributed by atoms with Gasteiger partial charge in [-0.25, -0.2) is 9.69 Å². The first-order valence-corrected chi connectivity index (χ1v) is 10.6. The van der Waals surface area contributed by atoms with Crippen molar-refractivity contribution in [3.63, 3.8) is 0 Å². The SMILES string of the molecule is CCCNC(=O)c1ccc(N2C(=O)N3CCc4c([nH]c5ccccc45)[C@@]3(C)C2=O)cc1. The molecule has 7 nitrogen and oxygen atoms in total. The number of aromatic nitrogens is 1. The minimum Gasteiger partial charge on any atom is -0.356 e. The van der Waals surface area contributed by atoms with E-state index in [9.17, 15) is 14.4 Å². The molecule has 0 aliphatic carbocycles. The van der Waals surface area contributed by atoms with E-state index >= 15 is 0 Å². The monoisotopic (exact) mass is 416 g/mol. The Balaban J connectivity index is 1.51. The Bertz CT molecular complexity index is 1210. The number of urea groups is 1. The van der Waals surface area contributed by atoms with Gasteiger partial charge in [0, 0.05) is 29.6 Å². The highest BCUT2D eigenvalue weighted by atomic mass is 16.2. The minimum atomic E-state index is -1.08. The molecular formula is C24H24N4O3. The van der Waals surface area contributed by atoms with Crippen molar-refractivity contribution in [1.29, 1.82) is 0 Å². The second-order valence-electron chi connectivity index (χ2n) is 8.22. The van der Waals surface area contributed by atoms with Crippen LogP contribution < -0.4 is 10.2 Å². The summed E-state index contributed by atoms with van der Waals surface area (Å²) in [5, 5.41) is 3.92. The number of fused-ring (bicyclic) bond motifs is 5. The molecular weight excluding hydrogens is 392 g/mol. The number of hydrogen-bond donors (Lipinski definition) is 2. The van der Waals surface area contributed by atoms with Crippen LogP contribution in [0.3, 0.4) is 0 Å². The normalized spacial score (nSPS) is 20.2. The molecule has 158 valence electrons. The summed E-state index contributed by atoms with van der Waals surface area (Å²) in [6, 6.07) is 14.3. The third-order valence-electron chi connectivity index (χ3n) is 6.39. The topological polar surface area (TPSA) is 85.5 Å². The van der Waals surface area contributed by atoms with Crippen molar-refractivity contribution < 1.29 is 14.4 Å². The van der Waals surface area contributed by atoms with Gasteiger partial charge >= 0.3 is 6.03 Å². The molecule has 3 heterocycles. The van der Waals surface area contributed by atoms with Crippen LogP contribution in [-0.2, 0) is 16.8 Å². The molecule has 0 bridgehead atoms. The lowest BCUT2D eigenvalue weighted by Crippen LogP contribution is -2.49. The standard InChI is InChI=1S/C24H24N4O3/c1-3-13-25-21(29)15-8-10-16(11-9-15)28-22(30)24(2)20-18(12-14-27(24)23(28)31)17-6-4-5-7-19(17)26-20/h4-11,26H,3,12-14H2,1-2H3,(H,25,29)/t24-/m0/s1. The van der Waals surface area contributed by atoms with E-state index in [1.807, 2.05) is 38.1 Å². The van der Waals surface area contributed by atoms with Crippen LogP contribution in [0.2, 0.25) is 0 Å². The number of nitrogens with one attached hydrogen (secondary N) is 2. The minimum absolute atomic E-state index is 0.167. The zero-order chi connectivity index (χ0) is 21.8. The zero-order valence-electron chi connectivity index (χ0n) is 17.6. The molecule has 0 spiro atoms. The van der Waals surface area contributed by atoms with E-state index in [0.717, 1.165) is 28.6 Å². The predicted octanol–water partition coefficient (Wildman–Crippen LogP) is 3.55. The van der Waals surface area contributed by atoms with E-state index in [1.165, 1.54) is 4.90 Å². The maximum Gasteiger partial charge on any atom is 0.332 e. The Morgan fingerprint density at radius 2 is 1.87 bits per heavy atom. The number of benzene rings is 2. The number of para-hydroxylation sites is 1. The Labute approximate surface area is 180 Å². The average Bonchev–Trinajstić information content (AvgIpc) is 3.26. The molecule has 5 rings (SSSR count). The Kier molecular flexibility index (Phi) is 4.36. The molecule has 0 unspecified atom stereocenters. The van der Waals surface area contributed by atoms with Crippen LogP contribution in [0.25, 0.3) is 10.9 Å². The van der Waals surface area contributed by atoms with Gasteiger partial charge in [0.25, 0.3) is 11.8 Å². The van der Waals surface area contributed by atoms with Crippen molar-refractivity contribution in [3.8, 4) is 0 Å². The fraction of sp³-hybridized carbons (Fsp3) is 0.292. The summed E-state index contributed by atoms with van der Waals surface area (Å²) in [4.78, 5) is 45.4. The molecule has 2 N–H and O–H groups in total. The van der Waals surface area contributed by atoms with Gasteiger partial charge in [-0.2, -0.15) is 0 Å². The van der Waals surface area contributed by atoms with Crippen molar-refractivity contribution in [1.82, 2.24) is 15.2 Å². The van der Waals surface area contributed by atoms with Crippen molar-refractivity contribution >= 4 is 34.4 Å². The van der Waals surface area contributed by atoms with Gasteiger partial charge in [0.05, 0.1) is 11.4 Å². The molecule has 1 aromatic heterocycles. The number of amides is 4. The van der Waals surface area contributed by atoms with Gasteiger partial charge in [0.15, 0.2) is 5.54 Å². The summed E-state index contributed by atoms with van der Waals surface area (Å²) in [7, 11) is 0. The van der Waals surface area contributed by atoms with Crippen LogP contribution in [0, 0.1) is 0 Å². The highest BCUT2D eigenvalue weighted by Gasteiger charge is 2.58. The molecule has 7 heteroatoms. The zero-order valence-corrected chi connectivity index (χ0v) is 17.6. The Morgan fingerprint density at radius 3 is 2.61 bits per heavy atom. The van der Waals surface area contributed by atoms with Gasteiger partial charge in [-0.15, -0.1) is 0 Å². The highest BCUT2D eigenvalue weighted by Crippen LogP contribution is 2.45. The van der Waals surface area contributed by atoms with Gasteiger partial charge in [-0.05, 0) is 55.7 Å². The number of imide groups is 1. The number of anilines is 1. The van der Waals surface area contributed by atoms with E-state index in [1.54, 1.807) is 29.2 Å². The van der Waals surface area contributed by atoms with E-state index in [4.69, 9.17) is 0 Å². The van der Waals surface area contributed by atoms with Crippen LogP contribution in [0.5, 0.6) is 0 Å². The molecule has 0 saturated carbocycles. The van der Waals surface area contributed by atoms with Gasteiger partial charge < -0.3 is 15.2 Å². The van der Waals surface area contributed by atoms with Gasteiger partial charge in [-0.3, -0.25) is 9.59 Å². The van der Waals surface area contributed by atoms with Gasteiger partial charge in [-0.1, -0.05) is 25.1 Å². The lowest BCUT2D eigenvalue weighted by atomic mass is 9.87. The average molecular weight is 416 g/mol. The van der Waals surface area contributed by atoms with Crippen LogP contribution in [0.15, 0.2) is 48.5 Å². The third kappa shape index (κ3) is 2.69. The van der Waals surface area contributed by atoms with Crippen molar-refractivity contribution in [2.75, 3.05) is 18.0 Å². The lowest BCUT2D eigenvalue weighted by Gasteiger charge is -2.35. The molecule has 31 heavy (non-hydrogen) atoms. The maximum atomic E-state index is 13.6. The van der Waals surface area contributed by atoms with Crippen molar-refractivity contribution in [2.45, 2.75) is 32.2 Å². The van der Waals surface area contributed by atoms with E-state index < -0.39 is 5.54 Å². The number of hydrogen-bond acceptors (Lipinski definition) is 3. The summed E-state index contributed by atoms with van der Waals surface area (Å²) >= 11 is 0. The second kappa shape index (κ2) is 6.97. The van der Waals surface area contributed by atoms with Crippen molar-refractivity contribution in [3.05, 3.63) is 65.4 Å². The lowest BCUT2D eigenvalue weighted by molar-refractivity contribution is -0.125. The molecule has 1 saturated heterocycles. The first kappa shape index (κ1) is 19.4. The van der Waals surface area contributed by atoms with Crippen LogP contribution in [0.4, 0.5) is 10.5 Å². The molecule has 1 fully saturated rings. The molecule has 2 aliphatic heterocycles. The van der Waals surface area contributed by atoms with Crippen molar-refractivity contribution in [2.24, 2.45) is 0 Å². The molecule has 2 aromatic carbocycles. The number of aromatic amines is 1. The maximum absolute atomic E-state index is 13.6. The first-order valence-electron chi connectivity index (χ1n) is 10.6. The third-order valence-corrected chi connectivity index (χ3v) is 6.39. The van der Waals surface area contributed by atoms with E-state index in [0.29, 0.717) is 30.8 Å². The smallest absolute Gasteiger partial charge is 0.332 e. The summed E-state index contributed by atoms with van der Waals surface area (Å²) in [6.45, 7) is 4.88. The summed E-state index contributed by atoms with van der Waals surface area (Å²) in [5.74, 6) is -0.451. The number of H-pyrrole nitrogens is 1. The largest absolute Gasteiger partial charge is 0.356 e. The van der Waals surface area contributed by atoms with Crippen LogP contribution in [-0.4, -0.2) is 40.8 Å². The number of carbonyl (C=O) groups is 3. The summed E-state index contributed by atoms with van der Waals surface area (Å²) in [5.41, 5.74) is 2.74. The predicted molar refractivity (Wildman–Crippen MR) is 118 cm³/mol. The molecule has 0 radical (unpaired) electrons. The fourth-order valence-corrected chi connectivity index (χ4v) is 4.72. The summed E-state index contributed by atoms with van der Waals surface area (Å²) in [6.07, 6.45) is 1.54. The van der Waals surface area contributed by atoms with Crippen LogP contribution in [0.1, 0.15) is 41.9 Å². The molecule has 4 amide bonds. The van der Waals surface area contributed by atoms with Crippen LogP contribution >= 0.6 is 0 Å². The van der Waals surface area contributed by atoms with E-state index in [-0.39, 0.29) is 17.8 Å².